The molecule has 0 aliphatic heterocycles. The molecule has 3 aromatic rings. The zero-order valence-corrected chi connectivity index (χ0v) is 12.4. The molecule has 22 heavy (non-hydrogen) atoms. The molecule has 3 nitrogen and oxygen atoms in total. The fraction of sp³-hybridized carbons (Fsp3) is 0. The molecule has 0 spiro atoms. The van der Waals surface area contributed by atoms with Gasteiger partial charge in [-0.25, -0.2) is 0 Å². The average molecular weight is 309 g/mol. The second-order valence-electron chi connectivity index (χ2n) is 4.86. The number of halogens is 1. The molecule has 0 unspecified atom stereocenters. The lowest BCUT2D eigenvalue weighted by molar-refractivity contribution is 0.1000. The maximum Gasteiger partial charge on any atom is 0.250 e. The molecule has 1 heterocycles. The van der Waals surface area contributed by atoms with Crippen LogP contribution in [0.3, 0.4) is 0 Å². The van der Waals surface area contributed by atoms with Gasteiger partial charge in [0.2, 0.25) is 5.91 Å². The third-order valence-corrected chi connectivity index (χ3v) is 3.63. The number of amides is 1. The molecule has 1 amide bonds. The molecule has 0 aliphatic carbocycles. The third-order valence-electron chi connectivity index (χ3n) is 3.37. The van der Waals surface area contributed by atoms with Crippen molar-refractivity contribution in [1.29, 1.82) is 0 Å². The average Bonchev–Trinajstić information content (AvgIpc) is 2.56. The van der Waals surface area contributed by atoms with E-state index in [1.165, 1.54) is 6.20 Å². The molecular weight excluding hydrogens is 296 g/mol. The van der Waals surface area contributed by atoms with Crippen LogP contribution in [0.4, 0.5) is 0 Å². The molecule has 4 heteroatoms. The van der Waals surface area contributed by atoms with Crippen LogP contribution in [0.5, 0.6) is 0 Å². The van der Waals surface area contributed by atoms with Crippen molar-refractivity contribution >= 4 is 17.5 Å². The maximum absolute atomic E-state index is 11.4. The van der Waals surface area contributed by atoms with Crippen LogP contribution in [0.1, 0.15) is 10.4 Å². The van der Waals surface area contributed by atoms with E-state index in [1.807, 2.05) is 54.6 Å². The summed E-state index contributed by atoms with van der Waals surface area (Å²) in [5, 5.41) is 0.666. The number of aromatic nitrogens is 1. The summed E-state index contributed by atoms with van der Waals surface area (Å²) in [5.41, 5.74) is 9.31. The molecule has 3 rings (SSSR count). The van der Waals surface area contributed by atoms with Gasteiger partial charge in [0.05, 0.1) is 11.3 Å². The van der Waals surface area contributed by atoms with Gasteiger partial charge >= 0.3 is 0 Å². The van der Waals surface area contributed by atoms with E-state index in [1.54, 1.807) is 6.07 Å². The van der Waals surface area contributed by atoms with Crippen LogP contribution < -0.4 is 5.73 Å². The van der Waals surface area contributed by atoms with E-state index >= 15 is 0 Å². The molecule has 0 bridgehead atoms. The first-order chi connectivity index (χ1) is 10.6. The standard InChI is InChI=1S/C18H13ClN2O/c19-15-8-6-13(7-9-15)17-16(12-4-2-1-3-5-12)10-14(11-21-17)18(20)22/h1-11H,(H2,20,22). The Morgan fingerprint density at radius 2 is 1.64 bits per heavy atom. The first kappa shape index (κ1) is 14.3. The van der Waals surface area contributed by atoms with E-state index in [9.17, 15) is 4.79 Å². The quantitative estimate of drug-likeness (QED) is 0.789. The Hall–Kier alpha value is -2.65. The monoisotopic (exact) mass is 308 g/mol. The van der Waals surface area contributed by atoms with Gasteiger partial charge in [-0.2, -0.15) is 0 Å². The zero-order valence-electron chi connectivity index (χ0n) is 11.7. The van der Waals surface area contributed by atoms with Gasteiger partial charge in [-0.15, -0.1) is 0 Å². The van der Waals surface area contributed by atoms with E-state index < -0.39 is 5.91 Å². The van der Waals surface area contributed by atoms with Crippen LogP contribution in [0, 0.1) is 0 Å². The summed E-state index contributed by atoms with van der Waals surface area (Å²) in [6.07, 6.45) is 1.50. The number of hydrogen-bond acceptors (Lipinski definition) is 2. The minimum absolute atomic E-state index is 0.386. The zero-order chi connectivity index (χ0) is 15.5. The second-order valence-corrected chi connectivity index (χ2v) is 5.29. The number of nitrogens with zero attached hydrogens (tertiary/aromatic N) is 1. The number of nitrogens with two attached hydrogens (primary N) is 1. The van der Waals surface area contributed by atoms with Crippen LogP contribution >= 0.6 is 11.6 Å². The van der Waals surface area contributed by atoms with Gasteiger partial charge in [0.15, 0.2) is 0 Å². The van der Waals surface area contributed by atoms with Crippen molar-refractivity contribution in [2.45, 2.75) is 0 Å². The van der Waals surface area contributed by atoms with E-state index in [2.05, 4.69) is 4.98 Å². The van der Waals surface area contributed by atoms with Crippen molar-refractivity contribution in [2.75, 3.05) is 0 Å². The Morgan fingerprint density at radius 1 is 0.955 bits per heavy atom. The van der Waals surface area contributed by atoms with Crippen LogP contribution in [0.2, 0.25) is 5.02 Å². The Balaban J connectivity index is 2.21. The predicted molar refractivity (Wildman–Crippen MR) is 88.6 cm³/mol. The summed E-state index contributed by atoms with van der Waals surface area (Å²) in [4.78, 5) is 15.9. The number of pyridine rings is 1. The lowest BCUT2D eigenvalue weighted by Gasteiger charge is -2.10. The van der Waals surface area contributed by atoms with E-state index in [0.717, 1.165) is 22.4 Å². The van der Waals surface area contributed by atoms with Crippen molar-refractivity contribution in [3.8, 4) is 22.4 Å². The number of rotatable bonds is 3. The number of carbonyl (C=O) groups excluding carboxylic acids is 1. The predicted octanol–water partition coefficient (Wildman–Crippen LogP) is 4.17. The Morgan fingerprint density at radius 3 is 2.27 bits per heavy atom. The van der Waals surface area contributed by atoms with E-state index in [-0.39, 0.29) is 0 Å². The van der Waals surface area contributed by atoms with Crippen LogP contribution in [0.25, 0.3) is 22.4 Å². The maximum atomic E-state index is 11.4. The molecule has 0 atom stereocenters. The van der Waals surface area contributed by atoms with Gasteiger partial charge < -0.3 is 5.73 Å². The van der Waals surface area contributed by atoms with Crippen molar-refractivity contribution in [2.24, 2.45) is 5.73 Å². The Labute approximate surface area is 133 Å². The molecule has 0 saturated carbocycles. The smallest absolute Gasteiger partial charge is 0.250 e. The Kier molecular flexibility index (Phi) is 3.90. The highest BCUT2D eigenvalue weighted by Crippen LogP contribution is 2.31. The summed E-state index contributed by atoms with van der Waals surface area (Å²) in [6, 6.07) is 19.0. The highest BCUT2D eigenvalue weighted by molar-refractivity contribution is 6.30. The fourth-order valence-electron chi connectivity index (χ4n) is 2.28. The molecule has 108 valence electrons. The Bertz CT molecular complexity index is 814. The minimum atomic E-state index is -0.493. The number of hydrogen-bond donors (Lipinski definition) is 1. The summed E-state index contributed by atoms with van der Waals surface area (Å²) in [7, 11) is 0. The largest absolute Gasteiger partial charge is 0.366 e. The first-order valence-corrected chi connectivity index (χ1v) is 7.14. The van der Waals surface area contributed by atoms with E-state index in [0.29, 0.717) is 10.6 Å². The van der Waals surface area contributed by atoms with Gasteiger partial charge in [0.1, 0.15) is 0 Å². The highest BCUT2D eigenvalue weighted by atomic mass is 35.5. The molecule has 0 fully saturated rings. The summed E-state index contributed by atoms with van der Waals surface area (Å²) in [5.74, 6) is -0.493. The van der Waals surface area contributed by atoms with Crippen LogP contribution in [-0.4, -0.2) is 10.9 Å². The SMILES string of the molecule is NC(=O)c1cnc(-c2ccc(Cl)cc2)c(-c2ccccc2)c1. The van der Waals surface area contributed by atoms with Crippen LogP contribution in [-0.2, 0) is 0 Å². The van der Waals surface area contributed by atoms with E-state index in [4.69, 9.17) is 17.3 Å². The fourth-order valence-corrected chi connectivity index (χ4v) is 2.40. The number of carbonyl (C=O) groups is 1. The lowest BCUT2D eigenvalue weighted by Crippen LogP contribution is -2.11. The first-order valence-electron chi connectivity index (χ1n) is 6.76. The summed E-state index contributed by atoms with van der Waals surface area (Å²) >= 11 is 5.94. The normalized spacial score (nSPS) is 10.4. The molecule has 2 aromatic carbocycles. The molecule has 0 saturated heterocycles. The van der Waals surface area contributed by atoms with Gasteiger partial charge in [0.25, 0.3) is 0 Å². The van der Waals surface area contributed by atoms with Gasteiger partial charge in [-0.3, -0.25) is 9.78 Å². The number of primary amides is 1. The van der Waals surface area contributed by atoms with Gasteiger partial charge in [0, 0.05) is 22.3 Å². The van der Waals surface area contributed by atoms with Crippen molar-refractivity contribution in [3.63, 3.8) is 0 Å². The molecule has 2 N–H and O–H groups in total. The number of benzene rings is 2. The summed E-state index contributed by atoms with van der Waals surface area (Å²) < 4.78 is 0. The van der Waals surface area contributed by atoms with Crippen molar-refractivity contribution < 1.29 is 4.79 Å². The third kappa shape index (κ3) is 2.85. The highest BCUT2D eigenvalue weighted by Gasteiger charge is 2.12. The lowest BCUT2D eigenvalue weighted by atomic mass is 9.98. The summed E-state index contributed by atoms with van der Waals surface area (Å²) in [6.45, 7) is 0. The molecule has 0 aliphatic rings. The topological polar surface area (TPSA) is 56.0 Å². The van der Waals surface area contributed by atoms with Gasteiger partial charge in [-0.05, 0) is 23.8 Å². The minimum Gasteiger partial charge on any atom is -0.366 e. The van der Waals surface area contributed by atoms with Gasteiger partial charge in [-0.1, -0.05) is 54.1 Å². The van der Waals surface area contributed by atoms with Crippen molar-refractivity contribution in [3.05, 3.63) is 77.4 Å². The molecule has 1 aromatic heterocycles. The van der Waals surface area contributed by atoms with Crippen molar-refractivity contribution in [1.82, 2.24) is 4.98 Å². The van der Waals surface area contributed by atoms with Crippen LogP contribution in [0.15, 0.2) is 66.9 Å². The second kappa shape index (κ2) is 6.00. The molecule has 0 radical (unpaired) electrons. The molecular formula is C18H13ClN2O.